The van der Waals surface area contributed by atoms with Crippen molar-refractivity contribution in [2.24, 2.45) is 5.41 Å². The molecule has 0 bridgehead atoms. The minimum Gasteiger partial charge on any atom is -0.326 e. The van der Waals surface area contributed by atoms with Crippen LogP contribution in [0.5, 0.6) is 0 Å². The number of aryl methyl sites for hydroxylation is 2. The highest BCUT2D eigenvalue weighted by Crippen LogP contribution is 2.24. The molecule has 1 amide bonds. The van der Waals surface area contributed by atoms with Gasteiger partial charge in [0.25, 0.3) is 5.56 Å². The number of carbonyl (C=O) groups is 1. The summed E-state index contributed by atoms with van der Waals surface area (Å²) in [7, 11) is 0. The standard InChI is InChI=1S/C22H25N3O2S/c1-13-10-17-18(11-14(13)2)25-20(26)19(24-17)12-28-16-8-6-15(7-9-16)23-21(27)22(3,4)5/h6-11H,12H2,1-5H3,(H,23,27)(H,25,26). The number of hydrogen-bond donors (Lipinski definition) is 2. The predicted molar refractivity (Wildman–Crippen MR) is 116 cm³/mol. The second-order valence-electron chi connectivity index (χ2n) is 7.98. The maximum Gasteiger partial charge on any atom is 0.271 e. The van der Waals surface area contributed by atoms with Crippen LogP contribution in [0.4, 0.5) is 5.69 Å². The van der Waals surface area contributed by atoms with Crippen LogP contribution < -0.4 is 10.9 Å². The van der Waals surface area contributed by atoms with Crippen molar-refractivity contribution in [2.75, 3.05) is 5.32 Å². The van der Waals surface area contributed by atoms with Gasteiger partial charge in [-0.15, -0.1) is 11.8 Å². The Hall–Kier alpha value is -2.60. The second kappa shape index (κ2) is 7.80. The number of rotatable bonds is 4. The van der Waals surface area contributed by atoms with Gasteiger partial charge in [0.1, 0.15) is 5.69 Å². The first-order chi connectivity index (χ1) is 13.1. The molecule has 146 valence electrons. The molecule has 0 fully saturated rings. The molecule has 1 heterocycles. The topological polar surface area (TPSA) is 74.8 Å². The lowest BCUT2D eigenvalue weighted by molar-refractivity contribution is -0.123. The average Bonchev–Trinajstić information content (AvgIpc) is 2.62. The number of fused-ring (bicyclic) bond motifs is 1. The van der Waals surface area contributed by atoms with Gasteiger partial charge in [0.15, 0.2) is 0 Å². The second-order valence-corrected chi connectivity index (χ2v) is 9.03. The third-order valence-electron chi connectivity index (χ3n) is 4.55. The van der Waals surface area contributed by atoms with Crippen LogP contribution in [0.1, 0.15) is 37.6 Å². The maximum atomic E-state index is 12.3. The third-order valence-corrected chi connectivity index (χ3v) is 5.57. The normalized spacial score (nSPS) is 11.6. The molecule has 5 nitrogen and oxygen atoms in total. The number of H-pyrrole nitrogens is 1. The average molecular weight is 396 g/mol. The summed E-state index contributed by atoms with van der Waals surface area (Å²) >= 11 is 1.54. The summed E-state index contributed by atoms with van der Waals surface area (Å²) in [6.07, 6.45) is 0. The van der Waals surface area contributed by atoms with E-state index in [-0.39, 0.29) is 11.5 Å². The molecule has 1 aromatic heterocycles. The van der Waals surface area contributed by atoms with Crippen molar-refractivity contribution in [3.8, 4) is 0 Å². The van der Waals surface area contributed by atoms with E-state index < -0.39 is 5.41 Å². The Morgan fingerprint density at radius 3 is 2.39 bits per heavy atom. The molecule has 0 aliphatic rings. The van der Waals surface area contributed by atoms with E-state index >= 15 is 0 Å². The minimum absolute atomic E-state index is 0.0228. The minimum atomic E-state index is -0.437. The zero-order valence-corrected chi connectivity index (χ0v) is 17.7. The van der Waals surface area contributed by atoms with E-state index in [0.717, 1.165) is 32.7 Å². The van der Waals surface area contributed by atoms with Crippen molar-refractivity contribution in [3.63, 3.8) is 0 Å². The molecule has 6 heteroatoms. The van der Waals surface area contributed by atoms with Crippen LogP contribution in [-0.2, 0) is 10.5 Å². The van der Waals surface area contributed by atoms with Gasteiger partial charge in [-0.05, 0) is 61.4 Å². The molecule has 0 spiro atoms. The van der Waals surface area contributed by atoms with Gasteiger partial charge in [0, 0.05) is 21.8 Å². The summed E-state index contributed by atoms with van der Waals surface area (Å²) < 4.78 is 0. The number of nitrogens with zero attached hydrogens (tertiary/aromatic N) is 1. The van der Waals surface area contributed by atoms with E-state index in [1.54, 1.807) is 11.8 Å². The van der Waals surface area contributed by atoms with Gasteiger partial charge in [-0.3, -0.25) is 9.59 Å². The van der Waals surface area contributed by atoms with Crippen molar-refractivity contribution in [1.82, 2.24) is 9.97 Å². The first-order valence-electron chi connectivity index (χ1n) is 9.18. The lowest BCUT2D eigenvalue weighted by Crippen LogP contribution is -2.27. The Labute approximate surface area is 169 Å². The van der Waals surface area contributed by atoms with Crippen molar-refractivity contribution in [3.05, 3.63) is 63.6 Å². The fourth-order valence-electron chi connectivity index (χ4n) is 2.59. The zero-order chi connectivity index (χ0) is 20.5. The van der Waals surface area contributed by atoms with Gasteiger partial charge >= 0.3 is 0 Å². The number of carbonyl (C=O) groups excluding carboxylic acids is 1. The number of aromatic nitrogens is 2. The Bertz CT molecular complexity index is 1080. The zero-order valence-electron chi connectivity index (χ0n) is 16.8. The highest BCUT2D eigenvalue weighted by Gasteiger charge is 2.21. The molecule has 0 radical (unpaired) electrons. The van der Waals surface area contributed by atoms with Crippen LogP contribution in [0.15, 0.2) is 46.1 Å². The number of hydrogen-bond acceptors (Lipinski definition) is 4. The molecule has 0 unspecified atom stereocenters. The van der Waals surface area contributed by atoms with Crippen LogP contribution >= 0.6 is 11.8 Å². The smallest absolute Gasteiger partial charge is 0.271 e. The molecule has 0 aliphatic heterocycles. The summed E-state index contributed by atoms with van der Waals surface area (Å²) in [6.45, 7) is 9.69. The Kier molecular flexibility index (Phi) is 5.61. The van der Waals surface area contributed by atoms with E-state index in [0.29, 0.717) is 11.4 Å². The van der Waals surface area contributed by atoms with Crippen LogP contribution in [0, 0.1) is 19.3 Å². The molecule has 0 atom stereocenters. The summed E-state index contributed by atoms with van der Waals surface area (Å²) in [5.41, 5.74) is 4.52. The van der Waals surface area contributed by atoms with E-state index in [1.807, 2.05) is 71.0 Å². The molecule has 2 aromatic carbocycles. The highest BCUT2D eigenvalue weighted by atomic mass is 32.2. The number of aromatic amines is 1. The Morgan fingerprint density at radius 1 is 1.11 bits per heavy atom. The van der Waals surface area contributed by atoms with Gasteiger partial charge in [-0.25, -0.2) is 4.98 Å². The molecular formula is C22H25N3O2S. The quantitative estimate of drug-likeness (QED) is 0.621. The van der Waals surface area contributed by atoms with Crippen LogP contribution in [0.2, 0.25) is 0 Å². The van der Waals surface area contributed by atoms with Crippen LogP contribution in [-0.4, -0.2) is 15.9 Å². The summed E-state index contributed by atoms with van der Waals surface area (Å²) in [6, 6.07) is 11.6. The highest BCUT2D eigenvalue weighted by molar-refractivity contribution is 7.98. The van der Waals surface area contributed by atoms with Crippen LogP contribution in [0.25, 0.3) is 11.0 Å². The number of benzene rings is 2. The monoisotopic (exact) mass is 395 g/mol. The van der Waals surface area contributed by atoms with Crippen molar-refractivity contribution >= 4 is 34.4 Å². The number of nitrogens with one attached hydrogen (secondary N) is 2. The van der Waals surface area contributed by atoms with Crippen molar-refractivity contribution in [1.29, 1.82) is 0 Å². The summed E-state index contributed by atoms with van der Waals surface area (Å²) in [4.78, 5) is 32.9. The van der Waals surface area contributed by atoms with Gasteiger partial charge in [0.05, 0.1) is 11.0 Å². The van der Waals surface area contributed by atoms with Crippen molar-refractivity contribution in [2.45, 2.75) is 45.3 Å². The fraction of sp³-hybridized carbons (Fsp3) is 0.318. The predicted octanol–water partition coefficient (Wildman–Crippen LogP) is 4.82. The molecule has 28 heavy (non-hydrogen) atoms. The van der Waals surface area contributed by atoms with E-state index in [2.05, 4.69) is 15.3 Å². The van der Waals surface area contributed by atoms with Gasteiger partial charge < -0.3 is 10.3 Å². The maximum absolute atomic E-state index is 12.3. The van der Waals surface area contributed by atoms with Gasteiger partial charge in [0.2, 0.25) is 5.91 Å². The SMILES string of the molecule is Cc1cc2nc(CSc3ccc(NC(=O)C(C)(C)C)cc3)c(=O)[nH]c2cc1C. The lowest BCUT2D eigenvalue weighted by Gasteiger charge is -2.17. The molecular weight excluding hydrogens is 370 g/mol. The van der Waals surface area contributed by atoms with E-state index in [1.165, 1.54) is 0 Å². The van der Waals surface area contributed by atoms with E-state index in [4.69, 9.17) is 0 Å². The summed E-state index contributed by atoms with van der Waals surface area (Å²) in [5.74, 6) is 0.455. The molecule has 3 aromatic rings. The van der Waals surface area contributed by atoms with Crippen LogP contribution in [0.3, 0.4) is 0 Å². The van der Waals surface area contributed by atoms with Crippen molar-refractivity contribution < 1.29 is 4.79 Å². The fourth-order valence-corrected chi connectivity index (χ4v) is 3.41. The third kappa shape index (κ3) is 4.62. The molecule has 0 saturated carbocycles. The molecule has 2 N–H and O–H groups in total. The first-order valence-corrected chi connectivity index (χ1v) is 10.2. The largest absolute Gasteiger partial charge is 0.326 e. The molecule has 0 aliphatic carbocycles. The first kappa shape index (κ1) is 20.1. The number of anilines is 1. The molecule has 3 rings (SSSR count). The van der Waals surface area contributed by atoms with E-state index in [9.17, 15) is 9.59 Å². The Balaban J connectivity index is 1.72. The Morgan fingerprint density at radius 2 is 1.75 bits per heavy atom. The summed E-state index contributed by atoms with van der Waals surface area (Å²) in [5, 5.41) is 2.91. The number of amides is 1. The van der Waals surface area contributed by atoms with Gasteiger partial charge in [-0.2, -0.15) is 0 Å². The molecule has 0 saturated heterocycles. The number of thioether (sulfide) groups is 1. The lowest BCUT2D eigenvalue weighted by atomic mass is 9.95. The van der Waals surface area contributed by atoms with Gasteiger partial charge in [-0.1, -0.05) is 20.8 Å².